The molecule has 0 saturated carbocycles. The molecule has 14 heteroatoms. The number of para-hydroxylation sites is 1. The first-order valence-corrected chi connectivity index (χ1v) is 18.5. The van der Waals surface area contributed by atoms with E-state index < -0.39 is 72.0 Å². The summed E-state index contributed by atoms with van der Waals surface area (Å²) in [6, 6.07) is 14.0. The summed E-state index contributed by atoms with van der Waals surface area (Å²) >= 11 is 3.74. The number of hydrogen-bond acceptors (Lipinski definition) is 9. The Balaban J connectivity index is 1.35. The number of aromatic nitrogens is 3. The Labute approximate surface area is 311 Å². The van der Waals surface area contributed by atoms with Crippen LogP contribution in [0.2, 0.25) is 0 Å². The Morgan fingerprint density at radius 2 is 1.88 bits per heavy atom. The minimum atomic E-state index is -1.37. The number of aliphatic hydroxyl groups is 1. The van der Waals surface area contributed by atoms with Crippen LogP contribution in [0, 0.1) is 17.8 Å². The zero-order chi connectivity index (χ0) is 37.2. The fourth-order valence-electron chi connectivity index (χ4n) is 8.00. The molecular formula is C38H45BrN6O7. The Hall–Kier alpha value is -4.40. The summed E-state index contributed by atoms with van der Waals surface area (Å²) in [6.45, 7) is 10.9. The molecule has 276 valence electrons. The summed E-state index contributed by atoms with van der Waals surface area (Å²) < 4.78 is 13.9. The molecule has 1 aromatic heterocycles. The number of ether oxygens (including phenoxy) is 2. The van der Waals surface area contributed by atoms with Crippen molar-refractivity contribution >= 4 is 50.7 Å². The number of hydrogen-bond donors (Lipinski definition) is 2. The summed E-state index contributed by atoms with van der Waals surface area (Å²) in [5, 5.41) is 22.2. The quantitative estimate of drug-likeness (QED) is 0.126. The lowest BCUT2D eigenvalue weighted by molar-refractivity contribution is -0.153. The molecule has 1 spiro atoms. The molecule has 2 N–H and O–H groups in total. The van der Waals surface area contributed by atoms with Gasteiger partial charge in [0.05, 0.1) is 42.1 Å². The summed E-state index contributed by atoms with van der Waals surface area (Å²) in [5.41, 5.74) is 0.735. The average Bonchev–Trinajstić information content (AvgIpc) is 3.86. The molecule has 3 saturated heterocycles. The van der Waals surface area contributed by atoms with Crippen molar-refractivity contribution in [1.82, 2.24) is 30.1 Å². The van der Waals surface area contributed by atoms with Gasteiger partial charge in [-0.3, -0.25) is 19.2 Å². The smallest absolute Gasteiger partial charge is 0.306 e. The van der Waals surface area contributed by atoms with E-state index in [1.807, 2.05) is 68.4 Å². The molecule has 3 aliphatic rings. The highest BCUT2D eigenvalue weighted by Gasteiger charge is 2.77. The Kier molecular flexibility index (Phi) is 11.3. The summed E-state index contributed by atoms with van der Waals surface area (Å²) in [6.07, 6.45) is 3.42. The number of carbonyl (C=O) groups is 4. The van der Waals surface area contributed by atoms with Crippen LogP contribution in [0.1, 0.15) is 44.7 Å². The number of halogens is 1. The monoisotopic (exact) mass is 776 g/mol. The van der Waals surface area contributed by atoms with Crippen molar-refractivity contribution in [2.45, 2.75) is 74.4 Å². The molecule has 3 amide bonds. The van der Waals surface area contributed by atoms with Gasteiger partial charge in [0.15, 0.2) is 0 Å². The number of likely N-dealkylation sites (tertiary alicyclic amines) is 1. The van der Waals surface area contributed by atoms with E-state index in [2.05, 4.69) is 44.7 Å². The van der Waals surface area contributed by atoms with Gasteiger partial charge < -0.3 is 29.7 Å². The lowest BCUT2D eigenvalue weighted by Crippen LogP contribution is -2.60. The van der Waals surface area contributed by atoms with Crippen LogP contribution in [0.4, 0.5) is 0 Å². The number of nitrogens with one attached hydrogen (secondary N) is 1. The van der Waals surface area contributed by atoms with E-state index in [1.54, 1.807) is 21.7 Å². The van der Waals surface area contributed by atoms with Crippen molar-refractivity contribution in [3.05, 3.63) is 85.5 Å². The molecule has 3 aliphatic heterocycles. The zero-order valence-corrected chi connectivity index (χ0v) is 30.9. The molecule has 1 unspecified atom stereocenters. The van der Waals surface area contributed by atoms with Gasteiger partial charge in [-0.15, -0.1) is 18.3 Å². The van der Waals surface area contributed by atoms with Gasteiger partial charge in [-0.05, 0) is 36.5 Å². The second kappa shape index (κ2) is 15.7. The van der Waals surface area contributed by atoms with Gasteiger partial charge in [0, 0.05) is 17.8 Å². The van der Waals surface area contributed by atoms with Crippen molar-refractivity contribution in [3.8, 4) is 0 Å². The summed E-state index contributed by atoms with van der Waals surface area (Å²) in [7, 11) is 0. The number of rotatable bonds is 16. The standard InChI is InChI=1S/C38H45BrN6O7/c1-5-7-17-30(47)51-21-27(24-13-9-8-10-14-24)40-35(48)31-32-36(49)45(29(20-46)23(3)4)34(38(32)19-25(39)33(31)52-38)37(50)43(18-6-2)22-44-28-16-12-11-15-26(28)41-42-44/h5-6,8-16,23,25,27,29,31-34,46H,1-2,7,17-22H2,3-4H3,(H,40,48)/t25?,27-,29-,31+,32-,33+,34+,38-/m0/s1. The van der Waals surface area contributed by atoms with E-state index in [9.17, 15) is 24.3 Å². The molecule has 3 fully saturated rings. The van der Waals surface area contributed by atoms with Crippen molar-refractivity contribution in [2.75, 3.05) is 19.8 Å². The number of nitrogens with zero attached hydrogens (tertiary/aromatic N) is 5. The van der Waals surface area contributed by atoms with E-state index >= 15 is 0 Å². The van der Waals surface area contributed by atoms with E-state index in [4.69, 9.17) is 9.47 Å². The molecule has 3 aromatic rings. The van der Waals surface area contributed by atoms with Gasteiger partial charge in [-0.2, -0.15) is 0 Å². The van der Waals surface area contributed by atoms with Crippen LogP contribution in [0.25, 0.3) is 11.0 Å². The number of fused-ring (bicyclic) bond motifs is 2. The van der Waals surface area contributed by atoms with E-state index in [1.165, 1.54) is 4.90 Å². The van der Waals surface area contributed by atoms with Crippen LogP contribution in [-0.2, 0) is 35.3 Å². The molecule has 4 heterocycles. The number of aliphatic hydroxyl groups excluding tert-OH is 1. The second-order valence-electron chi connectivity index (χ2n) is 14.0. The topological polar surface area (TPSA) is 156 Å². The maximum absolute atomic E-state index is 15.0. The molecule has 2 bridgehead atoms. The van der Waals surface area contributed by atoms with Crippen molar-refractivity contribution in [3.63, 3.8) is 0 Å². The third-order valence-corrected chi connectivity index (χ3v) is 11.3. The van der Waals surface area contributed by atoms with Crippen LogP contribution in [-0.4, -0.2) is 102 Å². The summed E-state index contributed by atoms with van der Waals surface area (Å²) in [4.78, 5) is 59.4. The predicted molar refractivity (Wildman–Crippen MR) is 195 cm³/mol. The Bertz CT molecular complexity index is 1820. The molecule has 6 rings (SSSR count). The van der Waals surface area contributed by atoms with Crippen molar-refractivity contribution in [2.24, 2.45) is 17.8 Å². The van der Waals surface area contributed by atoms with Gasteiger partial charge >= 0.3 is 5.97 Å². The molecule has 0 radical (unpaired) electrons. The van der Waals surface area contributed by atoms with Crippen molar-refractivity contribution in [1.29, 1.82) is 0 Å². The number of carbonyl (C=O) groups excluding carboxylic acids is 4. The highest BCUT2D eigenvalue weighted by molar-refractivity contribution is 9.09. The molecule has 2 aromatic carbocycles. The molecule has 0 aliphatic carbocycles. The third kappa shape index (κ3) is 6.79. The van der Waals surface area contributed by atoms with Gasteiger partial charge in [-0.25, -0.2) is 4.68 Å². The number of allylic oxidation sites excluding steroid dienone is 1. The molecule has 13 nitrogen and oxygen atoms in total. The predicted octanol–water partition coefficient (Wildman–Crippen LogP) is 3.54. The average molecular weight is 778 g/mol. The summed E-state index contributed by atoms with van der Waals surface area (Å²) in [5.74, 6) is -3.94. The second-order valence-corrected chi connectivity index (χ2v) is 15.1. The van der Waals surface area contributed by atoms with Crippen LogP contribution in [0.3, 0.4) is 0 Å². The van der Waals surface area contributed by atoms with Crippen LogP contribution in [0.15, 0.2) is 79.9 Å². The first-order valence-electron chi connectivity index (χ1n) is 17.6. The number of esters is 1. The highest BCUT2D eigenvalue weighted by atomic mass is 79.9. The first-order chi connectivity index (χ1) is 25.1. The first kappa shape index (κ1) is 37.4. The Morgan fingerprint density at radius 3 is 2.58 bits per heavy atom. The molecular weight excluding hydrogens is 732 g/mol. The number of benzene rings is 2. The van der Waals surface area contributed by atoms with Gasteiger partial charge in [-0.1, -0.05) is 89.6 Å². The van der Waals surface area contributed by atoms with E-state index in [0.717, 1.165) is 11.1 Å². The lowest BCUT2D eigenvalue weighted by atomic mass is 9.70. The van der Waals surface area contributed by atoms with Gasteiger partial charge in [0.25, 0.3) is 0 Å². The molecule has 52 heavy (non-hydrogen) atoms. The lowest BCUT2D eigenvalue weighted by Gasteiger charge is -2.40. The SMILES string of the molecule is C=CCCC(=O)OC[C@H](NC(=O)[C@H]1[C@@H]2O[C@@]3(CC2Br)[C@@H]1C(=O)N([C@@H](CO)C(C)C)[C@@H]3C(=O)N(CC=C)Cn1nnc2ccccc21)c1ccccc1. The van der Waals surface area contributed by atoms with Crippen LogP contribution < -0.4 is 5.32 Å². The van der Waals surface area contributed by atoms with Crippen LogP contribution in [0.5, 0.6) is 0 Å². The van der Waals surface area contributed by atoms with E-state index in [0.29, 0.717) is 11.9 Å². The fourth-order valence-corrected chi connectivity index (χ4v) is 8.94. The Morgan fingerprint density at radius 1 is 1.15 bits per heavy atom. The van der Waals surface area contributed by atoms with E-state index in [-0.39, 0.29) is 43.4 Å². The largest absolute Gasteiger partial charge is 0.463 e. The normalized spacial score (nSPS) is 25.9. The zero-order valence-electron chi connectivity index (χ0n) is 29.3. The number of amides is 3. The van der Waals surface area contributed by atoms with Crippen molar-refractivity contribution < 1.29 is 33.8 Å². The van der Waals surface area contributed by atoms with Crippen LogP contribution >= 0.6 is 15.9 Å². The van der Waals surface area contributed by atoms with Gasteiger partial charge in [0.1, 0.15) is 30.4 Å². The fraction of sp³-hybridized carbons (Fsp3) is 0.474. The maximum Gasteiger partial charge on any atom is 0.306 e. The van der Waals surface area contributed by atoms with Gasteiger partial charge in [0.2, 0.25) is 17.7 Å². The minimum Gasteiger partial charge on any atom is -0.463 e. The minimum absolute atomic E-state index is 0.0193. The maximum atomic E-state index is 15.0. The highest BCUT2D eigenvalue weighted by Crippen LogP contribution is 2.60. The number of alkyl halides is 1. The molecule has 8 atom stereocenters. The third-order valence-electron chi connectivity index (χ3n) is 10.4.